The third-order valence-electron chi connectivity index (χ3n) is 6.99. The number of halogens is 3. The minimum Gasteiger partial charge on any atom is -0.337 e. The second-order valence-corrected chi connectivity index (χ2v) is 10.1. The SMILES string of the molecule is Cc1c(C(=O)C(=O)NC2(c3nncs3)CC2)c2n(c1C(=O)Nc1cc(F)c(F)c(F)c1)[C@@H]1C[C@@H]1C2. The van der Waals surface area contributed by atoms with Crippen molar-refractivity contribution in [3.8, 4) is 0 Å². The van der Waals surface area contributed by atoms with Gasteiger partial charge in [0.25, 0.3) is 17.6 Å². The first kappa shape index (κ1) is 22.0. The van der Waals surface area contributed by atoms with Crippen LogP contribution in [0.2, 0.25) is 0 Å². The largest absolute Gasteiger partial charge is 0.337 e. The van der Waals surface area contributed by atoms with Crippen molar-refractivity contribution in [1.29, 1.82) is 0 Å². The van der Waals surface area contributed by atoms with Crippen LogP contribution in [0.1, 0.15) is 62.4 Å². The van der Waals surface area contributed by atoms with Crippen LogP contribution in [0.15, 0.2) is 17.6 Å². The molecule has 2 saturated carbocycles. The Hall–Kier alpha value is -3.54. The van der Waals surface area contributed by atoms with Gasteiger partial charge in [0.1, 0.15) is 16.2 Å². The molecule has 2 atom stereocenters. The summed E-state index contributed by atoms with van der Waals surface area (Å²) < 4.78 is 42.3. The van der Waals surface area contributed by atoms with Gasteiger partial charge in [-0.3, -0.25) is 14.4 Å². The van der Waals surface area contributed by atoms with Gasteiger partial charge in [0.15, 0.2) is 17.5 Å². The first-order valence-electron chi connectivity index (χ1n) is 11.0. The fraction of sp³-hybridized carbons (Fsp3) is 0.348. The Labute approximate surface area is 200 Å². The van der Waals surface area contributed by atoms with Crippen molar-refractivity contribution in [2.75, 3.05) is 5.32 Å². The van der Waals surface area contributed by atoms with E-state index in [4.69, 9.17) is 0 Å². The van der Waals surface area contributed by atoms with E-state index in [0.717, 1.165) is 6.42 Å². The maximum atomic E-state index is 13.6. The number of fused-ring (bicyclic) bond motifs is 3. The van der Waals surface area contributed by atoms with Crippen molar-refractivity contribution in [3.63, 3.8) is 0 Å². The van der Waals surface area contributed by atoms with E-state index in [1.54, 1.807) is 17.0 Å². The number of nitrogens with zero attached hydrogens (tertiary/aromatic N) is 3. The lowest BCUT2D eigenvalue weighted by Crippen LogP contribution is -2.39. The molecule has 0 saturated heterocycles. The number of benzene rings is 1. The minimum absolute atomic E-state index is 0.0203. The third-order valence-corrected chi connectivity index (χ3v) is 7.88. The molecule has 2 aliphatic carbocycles. The van der Waals surface area contributed by atoms with E-state index >= 15 is 0 Å². The molecule has 0 unspecified atom stereocenters. The smallest absolute Gasteiger partial charge is 0.293 e. The predicted molar refractivity (Wildman–Crippen MR) is 118 cm³/mol. The van der Waals surface area contributed by atoms with Gasteiger partial charge in [-0.1, -0.05) is 0 Å². The number of anilines is 1. The third kappa shape index (κ3) is 3.38. The fourth-order valence-corrected chi connectivity index (χ4v) is 5.81. The highest BCUT2D eigenvalue weighted by molar-refractivity contribution is 7.09. The van der Waals surface area contributed by atoms with Gasteiger partial charge in [0.2, 0.25) is 0 Å². The maximum absolute atomic E-state index is 13.6. The van der Waals surface area contributed by atoms with E-state index in [1.807, 2.05) is 0 Å². The lowest BCUT2D eigenvalue weighted by molar-refractivity contribution is -0.118. The Kier molecular flexibility index (Phi) is 4.69. The van der Waals surface area contributed by atoms with Crippen molar-refractivity contribution in [2.24, 2.45) is 5.92 Å². The Bertz CT molecular complexity index is 1410. The normalized spacial score (nSPS) is 20.7. The fourth-order valence-electron chi connectivity index (χ4n) is 5.04. The Morgan fingerprint density at radius 1 is 1.17 bits per heavy atom. The number of rotatable bonds is 6. The van der Waals surface area contributed by atoms with Crippen LogP contribution in [-0.2, 0) is 16.8 Å². The first-order valence-corrected chi connectivity index (χ1v) is 11.9. The van der Waals surface area contributed by atoms with Crippen LogP contribution in [0.5, 0.6) is 0 Å². The van der Waals surface area contributed by atoms with E-state index in [-0.39, 0.29) is 28.9 Å². The minimum atomic E-state index is -1.63. The number of Topliss-reactive ketones (excluding diaryl/α,β-unsaturated/α-hetero) is 1. The lowest BCUT2D eigenvalue weighted by atomic mass is 10.0. The number of hydrogen-bond acceptors (Lipinski definition) is 6. The van der Waals surface area contributed by atoms with Crippen molar-refractivity contribution in [3.05, 3.63) is 62.6 Å². The quantitative estimate of drug-likeness (QED) is 0.306. The maximum Gasteiger partial charge on any atom is 0.293 e. The average Bonchev–Trinajstić information content (AvgIpc) is 3.60. The number of nitrogens with one attached hydrogen (secondary N) is 2. The van der Waals surface area contributed by atoms with Crippen molar-refractivity contribution < 1.29 is 27.6 Å². The summed E-state index contributed by atoms with van der Waals surface area (Å²) in [5.41, 5.74) is 1.85. The van der Waals surface area contributed by atoms with Crippen LogP contribution in [0, 0.1) is 30.3 Å². The van der Waals surface area contributed by atoms with Gasteiger partial charge in [-0.25, -0.2) is 13.2 Å². The number of amides is 2. The predicted octanol–water partition coefficient (Wildman–Crippen LogP) is 3.42. The highest BCUT2D eigenvalue weighted by Gasteiger charge is 2.52. The van der Waals surface area contributed by atoms with Crippen LogP contribution < -0.4 is 10.6 Å². The zero-order valence-corrected chi connectivity index (χ0v) is 19.1. The first-order chi connectivity index (χ1) is 16.7. The molecular weight excluding hydrogens is 483 g/mol. The van der Waals surface area contributed by atoms with E-state index in [2.05, 4.69) is 20.8 Å². The molecule has 0 radical (unpaired) electrons. The monoisotopic (exact) mass is 501 g/mol. The summed E-state index contributed by atoms with van der Waals surface area (Å²) in [5, 5.41) is 13.6. The molecule has 2 N–H and O–H groups in total. The molecule has 180 valence electrons. The number of carbonyl (C=O) groups is 3. The molecule has 2 fully saturated rings. The van der Waals surface area contributed by atoms with Crippen molar-refractivity contribution in [2.45, 2.75) is 44.2 Å². The van der Waals surface area contributed by atoms with Crippen LogP contribution in [0.4, 0.5) is 18.9 Å². The molecule has 2 amide bonds. The molecule has 0 bridgehead atoms. The zero-order chi connectivity index (χ0) is 24.6. The summed E-state index contributed by atoms with van der Waals surface area (Å²) in [6.07, 6.45) is 2.68. The number of carbonyl (C=O) groups excluding carboxylic acids is 3. The van der Waals surface area contributed by atoms with E-state index in [0.29, 0.717) is 47.7 Å². The molecule has 3 aromatic rings. The highest BCUT2D eigenvalue weighted by atomic mass is 32.1. The van der Waals surface area contributed by atoms with Crippen LogP contribution in [-0.4, -0.2) is 32.4 Å². The molecule has 0 spiro atoms. The molecule has 2 aromatic heterocycles. The second kappa shape index (κ2) is 7.48. The average molecular weight is 501 g/mol. The summed E-state index contributed by atoms with van der Waals surface area (Å²) in [7, 11) is 0. The summed E-state index contributed by atoms with van der Waals surface area (Å²) in [5.74, 6) is -6.47. The van der Waals surface area contributed by atoms with E-state index in [1.165, 1.54) is 11.3 Å². The Morgan fingerprint density at radius 3 is 2.51 bits per heavy atom. The lowest BCUT2D eigenvalue weighted by Gasteiger charge is -2.14. The van der Waals surface area contributed by atoms with E-state index < -0.39 is 40.6 Å². The summed E-state index contributed by atoms with van der Waals surface area (Å²) >= 11 is 1.30. The molecule has 3 heterocycles. The molecule has 12 heteroatoms. The van der Waals surface area contributed by atoms with Gasteiger partial charge in [0, 0.05) is 29.6 Å². The van der Waals surface area contributed by atoms with Crippen LogP contribution >= 0.6 is 11.3 Å². The molecule has 1 aliphatic heterocycles. The Morgan fingerprint density at radius 2 is 1.89 bits per heavy atom. The summed E-state index contributed by atoms with van der Waals surface area (Å²) in [4.78, 5) is 39.5. The molecule has 1 aromatic carbocycles. The van der Waals surface area contributed by atoms with Gasteiger partial charge in [-0.2, -0.15) is 0 Å². The van der Waals surface area contributed by atoms with Crippen molar-refractivity contribution in [1.82, 2.24) is 20.1 Å². The number of aromatic nitrogens is 3. The highest BCUT2D eigenvalue weighted by Crippen LogP contribution is 2.54. The summed E-state index contributed by atoms with van der Waals surface area (Å²) in [6.45, 7) is 1.57. The van der Waals surface area contributed by atoms with Gasteiger partial charge >= 0.3 is 0 Å². The van der Waals surface area contributed by atoms with E-state index in [9.17, 15) is 27.6 Å². The molecule has 8 nitrogen and oxygen atoms in total. The molecule has 3 aliphatic rings. The summed E-state index contributed by atoms with van der Waals surface area (Å²) in [6, 6.07) is 1.38. The van der Waals surface area contributed by atoms with Gasteiger partial charge in [-0.15, -0.1) is 21.5 Å². The van der Waals surface area contributed by atoms with Crippen LogP contribution in [0.25, 0.3) is 0 Å². The number of hydrogen-bond donors (Lipinski definition) is 2. The second-order valence-electron chi connectivity index (χ2n) is 9.25. The van der Waals surface area contributed by atoms with Gasteiger partial charge in [0.05, 0.1) is 11.1 Å². The van der Waals surface area contributed by atoms with Gasteiger partial charge < -0.3 is 15.2 Å². The standard InChI is InChI=1S/C23H18F3N5O3S/c1-9-16(19(32)21(34)29-23(2-3-23)22-30-27-8-35-22)15-5-10-4-14(10)31(15)18(9)20(33)28-11-6-12(24)17(26)13(25)7-11/h6-8,10,14H,2-5H2,1H3,(H,28,33)(H,29,34)/t10-,14-/m1/s1. The van der Waals surface area contributed by atoms with Crippen LogP contribution in [0.3, 0.4) is 0 Å². The van der Waals surface area contributed by atoms with Crippen molar-refractivity contribution >= 4 is 34.6 Å². The Balaban J connectivity index is 1.32. The topological polar surface area (TPSA) is 106 Å². The molecule has 6 rings (SSSR count). The molecule has 35 heavy (non-hydrogen) atoms. The van der Waals surface area contributed by atoms with Gasteiger partial charge in [-0.05, 0) is 44.1 Å². The molecular formula is C23H18F3N5O3S. The zero-order valence-electron chi connectivity index (χ0n) is 18.3. The number of ketones is 1.